The third-order valence-corrected chi connectivity index (χ3v) is 2.07. The molecule has 19 heavy (non-hydrogen) atoms. The third-order valence-electron chi connectivity index (χ3n) is 2.07. The molecule has 0 aromatic heterocycles. The van der Waals surface area contributed by atoms with Gasteiger partial charge in [0.05, 0.1) is 0 Å². The Hall–Kier alpha value is -2.32. The molecule has 0 rings (SSSR count). The lowest BCUT2D eigenvalue weighted by atomic mass is 10.2. The maximum Gasteiger partial charge on any atom is 0.323 e. The van der Waals surface area contributed by atoms with Gasteiger partial charge in [-0.2, -0.15) is 0 Å². The molecule has 0 aliphatic carbocycles. The first-order chi connectivity index (χ1) is 8.82. The van der Waals surface area contributed by atoms with E-state index in [-0.39, 0.29) is 13.0 Å². The molecule has 3 amide bonds. The molecule has 0 aliphatic rings. The number of primary amides is 1. The molecule has 0 aromatic rings. The zero-order valence-electron chi connectivity index (χ0n) is 10.3. The maximum atomic E-state index is 11.5. The summed E-state index contributed by atoms with van der Waals surface area (Å²) in [6, 6.07) is -0.774. The minimum atomic E-state index is -1.30. The number of hydrogen-bond donors (Lipinski definition) is 4. The normalized spacial score (nSPS) is 9.68. The number of carbonyl (C=O) groups excluding carboxylic acids is 2. The lowest BCUT2D eigenvalue weighted by molar-refractivity contribution is -0.140. The number of nitrogens with zero attached hydrogens (tertiary/aromatic N) is 1. The number of unbranched alkanes of at least 4 members (excludes halogenated alkanes) is 1. The molecule has 0 aliphatic heterocycles. The van der Waals surface area contributed by atoms with Gasteiger partial charge in [0.15, 0.2) is 0 Å². The summed E-state index contributed by atoms with van der Waals surface area (Å²) in [5, 5.41) is 19.5. The van der Waals surface area contributed by atoms with Crippen LogP contribution in [-0.2, 0) is 14.4 Å². The van der Waals surface area contributed by atoms with Gasteiger partial charge >= 0.3 is 18.0 Å². The van der Waals surface area contributed by atoms with E-state index in [9.17, 15) is 19.2 Å². The van der Waals surface area contributed by atoms with Gasteiger partial charge in [0.2, 0.25) is 5.91 Å². The topological polar surface area (TPSA) is 150 Å². The molecule has 0 saturated carbocycles. The second-order valence-corrected chi connectivity index (χ2v) is 3.80. The van der Waals surface area contributed by atoms with E-state index in [0.29, 0.717) is 17.7 Å². The van der Waals surface area contributed by atoms with Crippen LogP contribution in [0, 0.1) is 0 Å². The van der Waals surface area contributed by atoms with Crippen molar-refractivity contribution >= 4 is 23.9 Å². The number of amides is 3. The van der Waals surface area contributed by atoms with Gasteiger partial charge in [-0.25, -0.2) is 4.79 Å². The van der Waals surface area contributed by atoms with Crippen LogP contribution < -0.4 is 11.1 Å². The van der Waals surface area contributed by atoms with Crippen molar-refractivity contribution in [3.63, 3.8) is 0 Å². The molecule has 0 heterocycles. The Morgan fingerprint density at radius 3 is 1.95 bits per heavy atom. The van der Waals surface area contributed by atoms with E-state index in [1.807, 2.05) is 0 Å². The molecular formula is C10H17N3O6. The molecule has 5 N–H and O–H groups in total. The maximum absolute atomic E-state index is 11.5. The van der Waals surface area contributed by atoms with Crippen molar-refractivity contribution in [2.24, 2.45) is 5.73 Å². The molecule has 9 heteroatoms. The molecule has 0 aromatic carbocycles. The summed E-state index contributed by atoms with van der Waals surface area (Å²) in [5.41, 5.74) is 4.93. The molecule has 9 nitrogen and oxygen atoms in total. The summed E-state index contributed by atoms with van der Waals surface area (Å²) in [5.74, 6) is -3.04. The van der Waals surface area contributed by atoms with E-state index in [1.54, 1.807) is 0 Å². The fourth-order valence-electron chi connectivity index (χ4n) is 1.26. The molecule has 0 spiro atoms. The SMILES string of the molecule is NC(=O)CCCCNC(=O)N(CC(=O)O)CC(=O)O. The average Bonchev–Trinajstić information content (AvgIpc) is 2.25. The molecule has 0 radical (unpaired) electrons. The molecule has 0 fully saturated rings. The summed E-state index contributed by atoms with van der Waals surface area (Å²) in [7, 11) is 0. The number of carboxylic acid groups (broad SMARTS) is 2. The molecule has 0 saturated heterocycles. The van der Waals surface area contributed by atoms with Crippen LogP contribution in [0.15, 0.2) is 0 Å². The van der Waals surface area contributed by atoms with Crippen LogP contribution in [0.5, 0.6) is 0 Å². The first-order valence-corrected chi connectivity index (χ1v) is 5.57. The average molecular weight is 275 g/mol. The van der Waals surface area contributed by atoms with E-state index in [0.717, 1.165) is 0 Å². The minimum Gasteiger partial charge on any atom is -0.480 e. The Labute approximate surface area is 109 Å². The van der Waals surface area contributed by atoms with Crippen molar-refractivity contribution in [2.45, 2.75) is 19.3 Å². The lowest BCUT2D eigenvalue weighted by Crippen LogP contribution is -2.45. The minimum absolute atomic E-state index is 0.198. The fraction of sp³-hybridized carbons (Fsp3) is 0.600. The van der Waals surface area contributed by atoms with Crippen LogP contribution in [0.25, 0.3) is 0 Å². The summed E-state index contributed by atoms with van der Waals surface area (Å²) in [4.78, 5) is 43.6. The van der Waals surface area contributed by atoms with E-state index >= 15 is 0 Å². The van der Waals surface area contributed by atoms with Crippen LogP contribution in [-0.4, -0.2) is 58.6 Å². The van der Waals surface area contributed by atoms with Crippen molar-refractivity contribution in [1.82, 2.24) is 10.2 Å². The number of aliphatic carboxylic acids is 2. The van der Waals surface area contributed by atoms with Gasteiger partial charge in [0.1, 0.15) is 13.1 Å². The summed E-state index contributed by atoms with van der Waals surface area (Å²) < 4.78 is 0. The highest BCUT2D eigenvalue weighted by Crippen LogP contribution is 1.94. The summed E-state index contributed by atoms with van der Waals surface area (Å²) in [6.07, 6.45) is 1.18. The smallest absolute Gasteiger partial charge is 0.323 e. The Balaban J connectivity index is 4.06. The first-order valence-electron chi connectivity index (χ1n) is 5.57. The lowest BCUT2D eigenvalue weighted by Gasteiger charge is -2.18. The Bertz CT molecular complexity index is 341. The van der Waals surface area contributed by atoms with Crippen LogP contribution >= 0.6 is 0 Å². The van der Waals surface area contributed by atoms with E-state index in [4.69, 9.17) is 15.9 Å². The second kappa shape index (κ2) is 8.72. The van der Waals surface area contributed by atoms with Gasteiger partial charge in [0, 0.05) is 13.0 Å². The van der Waals surface area contributed by atoms with Crippen molar-refractivity contribution < 1.29 is 29.4 Å². The predicted molar refractivity (Wildman–Crippen MR) is 63.3 cm³/mol. The van der Waals surface area contributed by atoms with Crippen molar-refractivity contribution in [1.29, 1.82) is 0 Å². The predicted octanol–water partition coefficient (Wildman–Crippen LogP) is -1.18. The quantitative estimate of drug-likeness (QED) is 0.389. The summed E-state index contributed by atoms with van der Waals surface area (Å²) >= 11 is 0. The highest BCUT2D eigenvalue weighted by atomic mass is 16.4. The highest BCUT2D eigenvalue weighted by molar-refractivity contribution is 5.84. The van der Waals surface area contributed by atoms with Gasteiger partial charge in [-0.15, -0.1) is 0 Å². The largest absolute Gasteiger partial charge is 0.480 e. The van der Waals surface area contributed by atoms with E-state index in [2.05, 4.69) is 5.32 Å². The number of urea groups is 1. The van der Waals surface area contributed by atoms with Gasteiger partial charge < -0.3 is 26.2 Å². The Kier molecular flexibility index (Phi) is 7.66. The molecule has 0 bridgehead atoms. The first kappa shape index (κ1) is 16.7. The number of nitrogens with one attached hydrogen (secondary N) is 1. The number of carboxylic acids is 2. The van der Waals surface area contributed by atoms with Gasteiger partial charge in [-0.3, -0.25) is 14.4 Å². The number of rotatable bonds is 9. The highest BCUT2D eigenvalue weighted by Gasteiger charge is 2.18. The van der Waals surface area contributed by atoms with Crippen molar-refractivity contribution in [3.8, 4) is 0 Å². The van der Waals surface area contributed by atoms with Gasteiger partial charge in [-0.05, 0) is 12.8 Å². The van der Waals surface area contributed by atoms with Crippen LogP contribution in [0.2, 0.25) is 0 Å². The van der Waals surface area contributed by atoms with Crippen molar-refractivity contribution in [2.75, 3.05) is 19.6 Å². The van der Waals surface area contributed by atoms with Gasteiger partial charge in [0.25, 0.3) is 0 Å². The van der Waals surface area contributed by atoms with Gasteiger partial charge in [-0.1, -0.05) is 0 Å². The standard InChI is InChI=1S/C10H17N3O6/c11-7(14)3-1-2-4-12-10(19)13(5-8(15)16)6-9(17)18/h1-6H2,(H2,11,14)(H,12,19)(H,15,16)(H,17,18). The molecule has 108 valence electrons. The number of hydrogen-bond acceptors (Lipinski definition) is 4. The number of carbonyl (C=O) groups is 4. The van der Waals surface area contributed by atoms with Crippen LogP contribution in [0.1, 0.15) is 19.3 Å². The fourth-order valence-corrected chi connectivity index (χ4v) is 1.26. The molecule has 0 unspecified atom stereocenters. The summed E-state index contributed by atoms with van der Waals surface area (Å²) in [6.45, 7) is -1.18. The third kappa shape index (κ3) is 9.39. The number of nitrogens with two attached hydrogens (primary N) is 1. The molecular weight excluding hydrogens is 258 g/mol. The monoisotopic (exact) mass is 275 g/mol. The van der Waals surface area contributed by atoms with Crippen molar-refractivity contribution in [3.05, 3.63) is 0 Å². The zero-order chi connectivity index (χ0) is 14.8. The van der Waals surface area contributed by atoms with E-state index in [1.165, 1.54) is 0 Å². The zero-order valence-corrected chi connectivity index (χ0v) is 10.3. The Morgan fingerprint density at radius 2 is 1.53 bits per heavy atom. The van der Waals surface area contributed by atoms with E-state index < -0.39 is 37.0 Å². The van der Waals surface area contributed by atoms with Crippen LogP contribution in [0.4, 0.5) is 4.79 Å². The Morgan fingerprint density at radius 1 is 1.00 bits per heavy atom. The molecule has 0 atom stereocenters. The second-order valence-electron chi connectivity index (χ2n) is 3.80. The van der Waals surface area contributed by atoms with Crippen LogP contribution in [0.3, 0.4) is 0 Å².